The van der Waals surface area contributed by atoms with Gasteiger partial charge in [0, 0.05) is 15.0 Å². The molecule has 8 aromatic rings. The van der Waals surface area contributed by atoms with E-state index in [4.69, 9.17) is 0 Å². The van der Waals surface area contributed by atoms with Gasteiger partial charge in [-0.3, -0.25) is 0 Å². The predicted molar refractivity (Wildman–Crippen MR) is 183 cm³/mol. The van der Waals surface area contributed by atoms with Crippen molar-refractivity contribution in [1.29, 1.82) is 0 Å². The number of hydrogen-bond acceptors (Lipinski definition) is 1. The van der Waals surface area contributed by atoms with Crippen LogP contribution in [0.3, 0.4) is 0 Å². The molecule has 0 N–H and O–H groups in total. The van der Waals surface area contributed by atoms with Gasteiger partial charge in [0.2, 0.25) is 0 Å². The highest BCUT2D eigenvalue weighted by molar-refractivity contribution is 7.22. The van der Waals surface area contributed by atoms with Crippen molar-refractivity contribution in [3.8, 4) is 32.7 Å². The molecule has 0 aliphatic heterocycles. The summed E-state index contributed by atoms with van der Waals surface area (Å²) in [5, 5.41) is 9.14. The number of rotatable bonds is 2. The Kier molecular flexibility index (Phi) is 4.93. The third-order valence-corrected chi connectivity index (χ3v) is 10.6. The molecule has 0 radical (unpaired) electrons. The van der Waals surface area contributed by atoms with Crippen molar-refractivity contribution in [3.63, 3.8) is 0 Å². The van der Waals surface area contributed by atoms with E-state index in [0.29, 0.717) is 0 Å². The summed E-state index contributed by atoms with van der Waals surface area (Å²) in [5.74, 6) is 0. The Morgan fingerprint density at radius 1 is 0.476 bits per heavy atom. The molecule has 1 heterocycles. The smallest absolute Gasteiger partial charge is 0.0399 e. The maximum Gasteiger partial charge on any atom is 0.0399 e. The molecule has 1 aliphatic carbocycles. The molecule has 1 aliphatic rings. The fourth-order valence-electron chi connectivity index (χ4n) is 7.50. The molecule has 0 fully saturated rings. The van der Waals surface area contributed by atoms with Crippen molar-refractivity contribution in [2.75, 3.05) is 0 Å². The van der Waals surface area contributed by atoms with Crippen LogP contribution in [0.15, 0.2) is 133 Å². The molecule has 1 heteroatoms. The zero-order chi connectivity index (χ0) is 28.0. The summed E-state index contributed by atoms with van der Waals surface area (Å²) in [4.78, 5) is 1.43. The molecule has 7 aromatic carbocycles. The first-order valence-electron chi connectivity index (χ1n) is 14.7. The number of thiophene rings is 1. The zero-order valence-corrected chi connectivity index (χ0v) is 24.4. The Hall–Kier alpha value is -4.72. The van der Waals surface area contributed by atoms with Crippen LogP contribution in [0.4, 0.5) is 0 Å². The zero-order valence-electron chi connectivity index (χ0n) is 23.6. The molecule has 0 nitrogen and oxygen atoms in total. The van der Waals surface area contributed by atoms with Gasteiger partial charge in [0.25, 0.3) is 0 Å². The van der Waals surface area contributed by atoms with Gasteiger partial charge in [-0.25, -0.2) is 0 Å². The molecule has 9 rings (SSSR count). The van der Waals surface area contributed by atoms with E-state index in [1.807, 2.05) is 11.3 Å². The highest BCUT2D eigenvalue weighted by atomic mass is 32.1. The van der Waals surface area contributed by atoms with Gasteiger partial charge >= 0.3 is 0 Å². The largest absolute Gasteiger partial charge is 0.135 e. The van der Waals surface area contributed by atoms with Crippen LogP contribution in [0.5, 0.6) is 0 Å². The molecule has 0 bridgehead atoms. The second-order valence-corrected chi connectivity index (χ2v) is 13.1. The summed E-state index contributed by atoms with van der Waals surface area (Å²) < 4.78 is 1.38. The highest BCUT2D eigenvalue weighted by Crippen LogP contribution is 2.56. The first-order valence-corrected chi connectivity index (χ1v) is 15.5. The predicted octanol–water partition coefficient (Wildman–Crippen LogP) is 12.0. The Morgan fingerprint density at radius 3 is 1.67 bits per heavy atom. The number of fused-ring (bicyclic) bond motifs is 8. The van der Waals surface area contributed by atoms with Crippen molar-refractivity contribution < 1.29 is 0 Å². The second-order valence-electron chi connectivity index (χ2n) is 12.1. The molecule has 0 saturated carbocycles. The first kappa shape index (κ1) is 23.9. The normalized spacial score (nSPS) is 13.7. The van der Waals surface area contributed by atoms with Crippen molar-refractivity contribution in [2.45, 2.75) is 19.3 Å². The van der Waals surface area contributed by atoms with Crippen LogP contribution >= 0.6 is 11.3 Å². The molecule has 198 valence electrons. The van der Waals surface area contributed by atoms with Gasteiger partial charge < -0.3 is 0 Å². The fraction of sp³-hybridized carbons (Fsp3) is 0.0732. The lowest BCUT2D eigenvalue weighted by Crippen LogP contribution is -2.15. The molecule has 0 atom stereocenters. The SMILES string of the molecule is CC1(C)c2cc(-c3c4ccccc4c(-c4ccc5ccccc5c4)c4ccccc34)ccc2-c2sc3ccccc3c21. The molecular weight excluding hydrogens is 525 g/mol. The van der Waals surface area contributed by atoms with E-state index in [2.05, 4.69) is 147 Å². The van der Waals surface area contributed by atoms with Crippen LogP contribution < -0.4 is 0 Å². The molecule has 0 unspecified atom stereocenters. The van der Waals surface area contributed by atoms with Gasteiger partial charge in [0.1, 0.15) is 0 Å². The lowest BCUT2D eigenvalue weighted by Gasteiger charge is -2.23. The van der Waals surface area contributed by atoms with Gasteiger partial charge in [-0.15, -0.1) is 11.3 Å². The van der Waals surface area contributed by atoms with Crippen molar-refractivity contribution in [3.05, 3.63) is 145 Å². The maximum atomic E-state index is 2.49. The lowest BCUT2D eigenvalue weighted by atomic mass is 9.79. The van der Waals surface area contributed by atoms with Crippen LogP contribution in [0.2, 0.25) is 0 Å². The highest BCUT2D eigenvalue weighted by Gasteiger charge is 2.39. The summed E-state index contributed by atoms with van der Waals surface area (Å²) in [6.07, 6.45) is 0. The Labute approximate surface area is 249 Å². The van der Waals surface area contributed by atoms with E-state index in [-0.39, 0.29) is 5.41 Å². The molecule has 42 heavy (non-hydrogen) atoms. The lowest BCUT2D eigenvalue weighted by molar-refractivity contribution is 0.667. The monoisotopic (exact) mass is 552 g/mol. The average Bonchev–Trinajstić information content (AvgIpc) is 3.52. The topological polar surface area (TPSA) is 0 Å². The van der Waals surface area contributed by atoms with Crippen LogP contribution in [-0.4, -0.2) is 0 Å². The molecule has 1 aromatic heterocycles. The quantitative estimate of drug-likeness (QED) is 0.187. The van der Waals surface area contributed by atoms with E-state index in [1.54, 1.807) is 0 Å². The minimum absolute atomic E-state index is 0.0586. The van der Waals surface area contributed by atoms with E-state index in [1.165, 1.54) is 86.2 Å². The summed E-state index contributed by atoms with van der Waals surface area (Å²) >= 11 is 1.94. The fourth-order valence-corrected chi connectivity index (χ4v) is 8.90. The second kappa shape index (κ2) is 8.64. The molecule has 0 spiro atoms. The molecular formula is C41H28S. The van der Waals surface area contributed by atoms with E-state index in [0.717, 1.165) is 0 Å². The van der Waals surface area contributed by atoms with Crippen LogP contribution in [0.1, 0.15) is 25.0 Å². The van der Waals surface area contributed by atoms with Crippen LogP contribution in [-0.2, 0) is 5.41 Å². The van der Waals surface area contributed by atoms with Gasteiger partial charge in [-0.2, -0.15) is 0 Å². The number of hydrogen-bond donors (Lipinski definition) is 0. The summed E-state index contributed by atoms with van der Waals surface area (Å²) in [7, 11) is 0. The first-order chi connectivity index (χ1) is 20.6. The van der Waals surface area contributed by atoms with Crippen LogP contribution in [0.25, 0.3) is 75.1 Å². The third kappa shape index (κ3) is 3.23. The average molecular weight is 553 g/mol. The van der Waals surface area contributed by atoms with Crippen molar-refractivity contribution in [1.82, 2.24) is 0 Å². The maximum absolute atomic E-state index is 2.49. The minimum Gasteiger partial charge on any atom is -0.135 e. The standard InChI is InChI=1S/C41H28S/c1-41(2)35-24-28(21-22-33(35)40-39(41)34-17-9-10-18-36(34)42-40)38-31-15-7-5-13-29(31)37(30-14-6-8-16-32(30)38)27-20-19-25-11-3-4-12-26(25)23-27/h3-24H,1-2H3. The summed E-state index contributed by atoms with van der Waals surface area (Å²) in [6, 6.07) is 49.6. The Balaban J connectivity index is 1.33. The molecule has 0 amide bonds. The van der Waals surface area contributed by atoms with E-state index < -0.39 is 0 Å². The third-order valence-electron chi connectivity index (χ3n) is 9.42. The summed E-state index contributed by atoms with van der Waals surface area (Å²) in [5.41, 5.74) is 9.43. The minimum atomic E-state index is -0.0586. The van der Waals surface area contributed by atoms with Gasteiger partial charge in [0.15, 0.2) is 0 Å². The van der Waals surface area contributed by atoms with E-state index in [9.17, 15) is 0 Å². The Morgan fingerprint density at radius 2 is 1.00 bits per heavy atom. The van der Waals surface area contributed by atoms with Crippen molar-refractivity contribution >= 4 is 53.7 Å². The molecule has 0 saturated heterocycles. The van der Waals surface area contributed by atoms with Crippen LogP contribution in [0, 0.1) is 0 Å². The Bertz CT molecular complexity index is 2330. The summed E-state index contributed by atoms with van der Waals surface area (Å²) in [6.45, 7) is 4.80. The van der Waals surface area contributed by atoms with E-state index >= 15 is 0 Å². The van der Waals surface area contributed by atoms with Gasteiger partial charge in [0.05, 0.1) is 0 Å². The van der Waals surface area contributed by atoms with Gasteiger partial charge in [-0.05, 0) is 94.8 Å². The van der Waals surface area contributed by atoms with Crippen molar-refractivity contribution in [2.24, 2.45) is 0 Å². The number of benzene rings is 7. The van der Waals surface area contributed by atoms with Gasteiger partial charge in [-0.1, -0.05) is 129 Å².